The molecule has 0 saturated carbocycles. The molecular weight excluding hydrogens is 410 g/mol. The molecule has 0 fully saturated rings. The topological polar surface area (TPSA) is 141 Å². The number of carbonyl (C=O) groups excluding carboxylic acids is 1. The number of hydrogen-bond donors (Lipinski definition) is 5. The van der Waals surface area contributed by atoms with Gasteiger partial charge in [0.2, 0.25) is 11.8 Å². The number of nitrogens with zero attached hydrogens (tertiary/aromatic N) is 3. The standard InChI is InChI=1S/C22H23N7O3/c1-14-9-25-21(27-16-5-3-2-4-6-16)29-20(14)15-7-19(24-10-15)32-22(31)28-18(12-30)8-17-11-23-13-26-17/h2-7,9-11,13,18,24,30H,8,12H2,1H3,(H,23,26)(H,28,31)(H,25,27,29). The third-order valence-electron chi connectivity index (χ3n) is 4.69. The number of ether oxygens (including phenoxy) is 1. The number of aliphatic hydroxyl groups is 1. The summed E-state index contributed by atoms with van der Waals surface area (Å²) in [6.45, 7) is 1.66. The SMILES string of the molecule is Cc1cnc(Nc2ccccc2)nc1-c1c[nH]c(OC(=O)NC(CO)Cc2c[nH]cn2)c1. The zero-order chi connectivity index (χ0) is 22.3. The molecule has 1 atom stereocenters. The second kappa shape index (κ2) is 9.75. The lowest BCUT2D eigenvalue weighted by molar-refractivity contribution is 0.181. The second-order valence-electron chi connectivity index (χ2n) is 7.15. The Labute approximate surface area is 184 Å². The number of aryl methyl sites for hydroxylation is 1. The molecule has 10 heteroatoms. The summed E-state index contributed by atoms with van der Waals surface area (Å²) in [5, 5.41) is 15.3. The van der Waals surface area contributed by atoms with Crippen molar-refractivity contribution in [3.63, 3.8) is 0 Å². The first kappa shape index (κ1) is 21.1. The number of anilines is 2. The molecule has 1 aromatic carbocycles. The zero-order valence-corrected chi connectivity index (χ0v) is 17.4. The average molecular weight is 433 g/mol. The van der Waals surface area contributed by atoms with Crippen molar-refractivity contribution in [1.82, 2.24) is 30.2 Å². The van der Waals surface area contributed by atoms with Gasteiger partial charge in [0, 0.05) is 42.3 Å². The number of aromatic nitrogens is 5. The Kier molecular flexibility index (Phi) is 6.42. The lowest BCUT2D eigenvalue weighted by Crippen LogP contribution is -2.40. The molecule has 0 aliphatic heterocycles. The molecule has 1 amide bonds. The summed E-state index contributed by atoms with van der Waals surface area (Å²) >= 11 is 0. The van der Waals surface area contributed by atoms with E-state index in [4.69, 9.17) is 4.74 Å². The van der Waals surface area contributed by atoms with E-state index in [0.29, 0.717) is 18.1 Å². The van der Waals surface area contributed by atoms with Crippen LogP contribution in [0.15, 0.2) is 61.3 Å². The quantitative estimate of drug-likeness (QED) is 0.288. The summed E-state index contributed by atoms with van der Waals surface area (Å²) in [7, 11) is 0. The van der Waals surface area contributed by atoms with E-state index >= 15 is 0 Å². The molecule has 10 nitrogen and oxygen atoms in total. The highest BCUT2D eigenvalue weighted by Crippen LogP contribution is 2.26. The van der Waals surface area contributed by atoms with Crippen LogP contribution in [-0.4, -0.2) is 48.8 Å². The molecule has 32 heavy (non-hydrogen) atoms. The summed E-state index contributed by atoms with van der Waals surface area (Å²) < 4.78 is 5.33. The van der Waals surface area contributed by atoms with Gasteiger partial charge in [0.25, 0.3) is 0 Å². The van der Waals surface area contributed by atoms with Crippen LogP contribution in [0.3, 0.4) is 0 Å². The Bertz CT molecular complexity index is 1160. The number of carbonyl (C=O) groups is 1. The van der Waals surface area contributed by atoms with Crippen LogP contribution in [0.1, 0.15) is 11.3 Å². The number of imidazole rings is 1. The maximum atomic E-state index is 12.3. The highest BCUT2D eigenvalue weighted by Gasteiger charge is 2.16. The van der Waals surface area contributed by atoms with E-state index < -0.39 is 12.1 Å². The lowest BCUT2D eigenvalue weighted by atomic mass is 10.1. The van der Waals surface area contributed by atoms with Crippen LogP contribution in [0.2, 0.25) is 0 Å². The summed E-state index contributed by atoms with van der Waals surface area (Å²) in [5.41, 5.74) is 3.93. The molecule has 4 rings (SSSR count). The number of aromatic amines is 2. The molecule has 0 saturated heterocycles. The number of nitrogens with one attached hydrogen (secondary N) is 4. The van der Waals surface area contributed by atoms with Crippen molar-refractivity contribution in [2.75, 3.05) is 11.9 Å². The first-order chi connectivity index (χ1) is 15.6. The van der Waals surface area contributed by atoms with Crippen molar-refractivity contribution in [3.05, 3.63) is 72.6 Å². The molecule has 0 bridgehead atoms. The predicted octanol–water partition coefficient (Wildman–Crippen LogP) is 2.94. The van der Waals surface area contributed by atoms with Crippen molar-refractivity contribution < 1.29 is 14.6 Å². The van der Waals surface area contributed by atoms with E-state index in [1.165, 1.54) is 0 Å². The van der Waals surface area contributed by atoms with Crippen LogP contribution >= 0.6 is 0 Å². The third-order valence-corrected chi connectivity index (χ3v) is 4.69. The third kappa shape index (κ3) is 5.29. The molecule has 4 aromatic rings. The predicted molar refractivity (Wildman–Crippen MR) is 119 cm³/mol. The number of amides is 1. The molecule has 0 radical (unpaired) electrons. The van der Waals surface area contributed by atoms with Crippen LogP contribution in [0.5, 0.6) is 5.88 Å². The first-order valence-electron chi connectivity index (χ1n) is 10.0. The van der Waals surface area contributed by atoms with Crippen LogP contribution in [-0.2, 0) is 6.42 Å². The van der Waals surface area contributed by atoms with Gasteiger partial charge in [-0.25, -0.2) is 19.7 Å². The zero-order valence-electron chi connectivity index (χ0n) is 17.4. The van der Waals surface area contributed by atoms with Crippen LogP contribution < -0.4 is 15.4 Å². The Hall–Kier alpha value is -4.18. The molecule has 1 unspecified atom stereocenters. The fraction of sp³-hybridized carbons (Fsp3) is 0.182. The smallest absolute Gasteiger partial charge is 0.394 e. The molecule has 5 N–H and O–H groups in total. The molecular formula is C22H23N7O3. The van der Waals surface area contributed by atoms with Gasteiger partial charge in [-0.2, -0.15) is 0 Å². The van der Waals surface area contributed by atoms with Crippen LogP contribution in [0.4, 0.5) is 16.4 Å². The van der Waals surface area contributed by atoms with E-state index in [-0.39, 0.29) is 12.5 Å². The van der Waals surface area contributed by atoms with Gasteiger partial charge in [0.1, 0.15) is 0 Å². The Balaban J connectivity index is 1.41. The normalized spacial score (nSPS) is 11.7. The van der Waals surface area contributed by atoms with E-state index in [1.807, 2.05) is 37.3 Å². The van der Waals surface area contributed by atoms with Gasteiger partial charge in [-0.1, -0.05) is 18.2 Å². The van der Waals surface area contributed by atoms with Crippen molar-refractivity contribution in [3.8, 4) is 17.1 Å². The number of H-pyrrole nitrogens is 2. The van der Waals surface area contributed by atoms with Crippen LogP contribution in [0.25, 0.3) is 11.3 Å². The van der Waals surface area contributed by atoms with Crippen molar-refractivity contribution in [1.29, 1.82) is 0 Å². The molecule has 0 aliphatic carbocycles. The Morgan fingerprint density at radius 1 is 1.22 bits per heavy atom. The van der Waals surface area contributed by atoms with Gasteiger partial charge in [-0.15, -0.1) is 0 Å². The minimum absolute atomic E-state index is 0.241. The summed E-state index contributed by atoms with van der Waals surface area (Å²) in [6, 6.07) is 10.8. The molecule has 0 aliphatic rings. The van der Waals surface area contributed by atoms with Crippen molar-refractivity contribution in [2.24, 2.45) is 0 Å². The van der Waals surface area contributed by atoms with Crippen molar-refractivity contribution >= 4 is 17.7 Å². The Morgan fingerprint density at radius 2 is 2.06 bits per heavy atom. The van der Waals surface area contributed by atoms with Gasteiger partial charge in [-0.3, -0.25) is 0 Å². The fourth-order valence-electron chi connectivity index (χ4n) is 3.13. The van der Waals surface area contributed by atoms with Crippen LogP contribution in [0, 0.1) is 6.92 Å². The fourth-order valence-corrected chi connectivity index (χ4v) is 3.13. The van der Waals surface area contributed by atoms with Gasteiger partial charge in [0.15, 0.2) is 0 Å². The molecule has 0 spiro atoms. The number of rotatable bonds is 8. The molecule has 3 aromatic heterocycles. The van der Waals surface area contributed by atoms with Gasteiger partial charge in [-0.05, 0) is 24.6 Å². The van der Waals surface area contributed by atoms with Gasteiger partial charge >= 0.3 is 6.09 Å². The summed E-state index contributed by atoms with van der Waals surface area (Å²) in [4.78, 5) is 31.0. The first-order valence-corrected chi connectivity index (χ1v) is 10.0. The minimum atomic E-state index is -0.682. The molecule has 3 heterocycles. The van der Waals surface area contributed by atoms with Gasteiger partial charge < -0.3 is 30.4 Å². The monoisotopic (exact) mass is 433 g/mol. The van der Waals surface area contributed by atoms with E-state index in [0.717, 1.165) is 22.5 Å². The number of hydrogen-bond acceptors (Lipinski definition) is 7. The second-order valence-corrected chi connectivity index (χ2v) is 7.15. The number of para-hydroxylation sites is 1. The Morgan fingerprint density at radius 3 is 2.81 bits per heavy atom. The average Bonchev–Trinajstić information content (AvgIpc) is 3.47. The number of aliphatic hydroxyl groups excluding tert-OH is 1. The highest BCUT2D eigenvalue weighted by atomic mass is 16.6. The maximum Gasteiger partial charge on any atom is 0.414 e. The minimum Gasteiger partial charge on any atom is -0.394 e. The molecule has 164 valence electrons. The van der Waals surface area contributed by atoms with E-state index in [1.54, 1.807) is 31.0 Å². The van der Waals surface area contributed by atoms with Crippen molar-refractivity contribution in [2.45, 2.75) is 19.4 Å². The number of benzene rings is 1. The maximum absolute atomic E-state index is 12.3. The van der Waals surface area contributed by atoms with Gasteiger partial charge in [0.05, 0.1) is 30.4 Å². The van der Waals surface area contributed by atoms with E-state index in [9.17, 15) is 9.90 Å². The summed E-state index contributed by atoms with van der Waals surface area (Å²) in [5.74, 6) is 0.715. The summed E-state index contributed by atoms with van der Waals surface area (Å²) in [6.07, 6.45) is 6.38. The lowest BCUT2D eigenvalue weighted by Gasteiger charge is -2.14. The largest absolute Gasteiger partial charge is 0.414 e. The van der Waals surface area contributed by atoms with E-state index in [2.05, 4.69) is 35.6 Å². The highest BCUT2D eigenvalue weighted by molar-refractivity contribution is 5.72.